The summed E-state index contributed by atoms with van der Waals surface area (Å²) in [6.07, 6.45) is 10.1. The first-order valence-electron chi connectivity index (χ1n) is 7.63. The van der Waals surface area contributed by atoms with Gasteiger partial charge in [0.2, 0.25) is 5.91 Å². The van der Waals surface area contributed by atoms with Crippen molar-refractivity contribution in [1.82, 2.24) is 5.32 Å². The number of unbranched alkanes of at least 4 members (excludes halogenated alkanes) is 1. The molecular weight excluding hydrogens is 260 g/mol. The summed E-state index contributed by atoms with van der Waals surface area (Å²) >= 11 is 0. The number of carbonyl (C=O) groups is 1. The first kappa shape index (κ1) is 18.7. The molecule has 3 nitrogen and oxygen atoms in total. The molecule has 114 valence electrons. The zero-order chi connectivity index (χ0) is 13.4. The number of hydrogen-bond acceptors (Lipinski definition) is 2. The normalized spacial score (nSPS) is 17.3. The molecule has 0 bridgehead atoms. The van der Waals surface area contributed by atoms with Crippen LogP contribution in [0, 0.1) is 11.8 Å². The lowest BCUT2D eigenvalue weighted by molar-refractivity contribution is -0.122. The SMILES string of the molecule is CC(C)C[C@H](N)C(=O)NCCCCC1CCCC1.Cl. The predicted molar refractivity (Wildman–Crippen MR) is 83.5 cm³/mol. The number of amides is 1. The van der Waals surface area contributed by atoms with Gasteiger partial charge in [0.1, 0.15) is 0 Å². The largest absolute Gasteiger partial charge is 0.355 e. The first-order chi connectivity index (χ1) is 8.59. The van der Waals surface area contributed by atoms with Crippen molar-refractivity contribution in [3.8, 4) is 0 Å². The fraction of sp³-hybridized carbons (Fsp3) is 0.933. The summed E-state index contributed by atoms with van der Waals surface area (Å²) in [5.41, 5.74) is 5.82. The molecule has 3 N–H and O–H groups in total. The van der Waals surface area contributed by atoms with E-state index in [1.165, 1.54) is 38.5 Å². The van der Waals surface area contributed by atoms with Crippen LogP contribution in [0.1, 0.15) is 65.2 Å². The van der Waals surface area contributed by atoms with E-state index in [2.05, 4.69) is 19.2 Å². The second-order valence-electron chi connectivity index (χ2n) is 6.17. The van der Waals surface area contributed by atoms with Crippen LogP contribution >= 0.6 is 12.4 Å². The van der Waals surface area contributed by atoms with Crippen LogP contribution in [-0.4, -0.2) is 18.5 Å². The third-order valence-corrected chi connectivity index (χ3v) is 3.88. The van der Waals surface area contributed by atoms with Crippen molar-refractivity contribution in [1.29, 1.82) is 0 Å². The monoisotopic (exact) mass is 290 g/mol. The Hall–Kier alpha value is -0.280. The molecule has 0 aromatic carbocycles. The summed E-state index contributed by atoms with van der Waals surface area (Å²) in [7, 11) is 0. The van der Waals surface area contributed by atoms with Crippen molar-refractivity contribution in [3.05, 3.63) is 0 Å². The molecule has 0 aromatic rings. The molecule has 4 heteroatoms. The molecule has 0 unspecified atom stereocenters. The van der Waals surface area contributed by atoms with Gasteiger partial charge in [-0.3, -0.25) is 4.79 Å². The molecule has 0 spiro atoms. The van der Waals surface area contributed by atoms with Crippen LogP contribution in [0.3, 0.4) is 0 Å². The van der Waals surface area contributed by atoms with Gasteiger partial charge in [-0.1, -0.05) is 52.4 Å². The summed E-state index contributed by atoms with van der Waals surface area (Å²) in [6, 6.07) is -0.333. The van der Waals surface area contributed by atoms with Gasteiger partial charge in [-0.2, -0.15) is 0 Å². The summed E-state index contributed by atoms with van der Waals surface area (Å²) in [5, 5.41) is 2.95. The second kappa shape index (κ2) is 10.5. The van der Waals surface area contributed by atoms with Gasteiger partial charge >= 0.3 is 0 Å². The minimum Gasteiger partial charge on any atom is -0.355 e. The number of hydrogen-bond donors (Lipinski definition) is 2. The quantitative estimate of drug-likeness (QED) is 0.674. The zero-order valence-corrected chi connectivity index (χ0v) is 13.3. The molecule has 1 aliphatic carbocycles. The minimum absolute atomic E-state index is 0. The standard InChI is InChI=1S/C15H30N2O.ClH/c1-12(2)11-14(16)15(18)17-10-6-5-9-13-7-3-4-8-13;/h12-14H,3-11,16H2,1-2H3,(H,17,18);1H/t14-;/m0./s1. The van der Waals surface area contributed by atoms with Gasteiger partial charge in [-0.05, 0) is 24.7 Å². The van der Waals surface area contributed by atoms with Crippen LogP contribution < -0.4 is 11.1 Å². The van der Waals surface area contributed by atoms with Crippen molar-refractivity contribution < 1.29 is 4.79 Å². The lowest BCUT2D eigenvalue weighted by Gasteiger charge is -2.14. The highest BCUT2D eigenvalue weighted by Crippen LogP contribution is 2.28. The minimum atomic E-state index is -0.333. The van der Waals surface area contributed by atoms with Gasteiger partial charge < -0.3 is 11.1 Å². The molecule has 1 atom stereocenters. The maximum atomic E-state index is 11.7. The van der Waals surface area contributed by atoms with Gasteiger partial charge in [-0.15, -0.1) is 12.4 Å². The van der Waals surface area contributed by atoms with Crippen molar-refractivity contribution in [2.45, 2.75) is 71.3 Å². The van der Waals surface area contributed by atoms with Crippen LogP contribution in [0.5, 0.6) is 0 Å². The van der Waals surface area contributed by atoms with Crippen LogP contribution in [0.4, 0.5) is 0 Å². The molecule has 1 rings (SSSR count). The van der Waals surface area contributed by atoms with Gasteiger partial charge in [0.05, 0.1) is 6.04 Å². The summed E-state index contributed by atoms with van der Waals surface area (Å²) < 4.78 is 0. The molecule has 0 aliphatic heterocycles. The smallest absolute Gasteiger partial charge is 0.236 e. The highest BCUT2D eigenvalue weighted by Gasteiger charge is 2.15. The number of halogens is 1. The van der Waals surface area contributed by atoms with E-state index >= 15 is 0 Å². The fourth-order valence-corrected chi connectivity index (χ4v) is 2.81. The maximum absolute atomic E-state index is 11.7. The maximum Gasteiger partial charge on any atom is 0.236 e. The van der Waals surface area contributed by atoms with Crippen LogP contribution in [0.25, 0.3) is 0 Å². The van der Waals surface area contributed by atoms with Gasteiger partial charge in [-0.25, -0.2) is 0 Å². The van der Waals surface area contributed by atoms with Crippen molar-refractivity contribution >= 4 is 18.3 Å². The molecule has 0 saturated heterocycles. The van der Waals surface area contributed by atoms with E-state index in [0.717, 1.165) is 25.3 Å². The summed E-state index contributed by atoms with van der Waals surface area (Å²) in [5.74, 6) is 1.46. The topological polar surface area (TPSA) is 55.1 Å². The van der Waals surface area contributed by atoms with Crippen LogP contribution in [0.15, 0.2) is 0 Å². The summed E-state index contributed by atoms with van der Waals surface area (Å²) in [6.45, 7) is 4.97. The third kappa shape index (κ3) is 8.48. The Bertz CT molecular complexity index is 240. The molecule has 19 heavy (non-hydrogen) atoms. The Morgan fingerprint density at radius 1 is 1.26 bits per heavy atom. The van der Waals surface area contributed by atoms with E-state index in [9.17, 15) is 4.79 Å². The average Bonchev–Trinajstić information content (AvgIpc) is 2.80. The van der Waals surface area contributed by atoms with E-state index in [1.807, 2.05) is 0 Å². The van der Waals surface area contributed by atoms with Gasteiger partial charge in [0.15, 0.2) is 0 Å². The Morgan fingerprint density at radius 2 is 1.89 bits per heavy atom. The average molecular weight is 291 g/mol. The molecule has 0 radical (unpaired) electrons. The molecule has 1 amide bonds. The molecule has 1 saturated carbocycles. The van der Waals surface area contributed by atoms with E-state index in [4.69, 9.17) is 5.73 Å². The first-order valence-corrected chi connectivity index (χ1v) is 7.63. The van der Waals surface area contributed by atoms with E-state index in [-0.39, 0.29) is 24.4 Å². The van der Waals surface area contributed by atoms with Crippen LogP contribution in [-0.2, 0) is 4.79 Å². The number of nitrogens with one attached hydrogen (secondary N) is 1. The van der Waals surface area contributed by atoms with Gasteiger partial charge in [0.25, 0.3) is 0 Å². The lowest BCUT2D eigenvalue weighted by Crippen LogP contribution is -2.41. The molecular formula is C15H31ClN2O. The number of rotatable bonds is 8. The lowest BCUT2D eigenvalue weighted by atomic mass is 10.0. The van der Waals surface area contributed by atoms with Crippen LogP contribution in [0.2, 0.25) is 0 Å². The van der Waals surface area contributed by atoms with Gasteiger partial charge in [0, 0.05) is 6.54 Å². The fourth-order valence-electron chi connectivity index (χ4n) is 2.81. The molecule has 0 aromatic heterocycles. The predicted octanol–water partition coefficient (Wildman–Crippen LogP) is 3.26. The molecule has 1 fully saturated rings. The van der Waals surface area contributed by atoms with E-state index in [1.54, 1.807) is 0 Å². The number of carbonyl (C=O) groups excluding carboxylic acids is 1. The Labute approximate surface area is 124 Å². The van der Waals surface area contributed by atoms with Crippen molar-refractivity contribution in [2.75, 3.05) is 6.54 Å². The Kier molecular flexibility index (Phi) is 10.3. The second-order valence-corrected chi connectivity index (χ2v) is 6.17. The Morgan fingerprint density at radius 3 is 2.47 bits per heavy atom. The summed E-state index contributed by atoms with van der Waals surface area (Å²) in [4.78, 5) is 11.7. The van der Waals surface area contributed by atoms with Crippen molar-refractivity contribution in [2.24, 2.45) is 17.6 Å². The zero-order valence-electron chi connectivity index (χ0n) is 12.5. The molecule has 1 aliphatic rings. The third-order valence-electron chi connectivity index (χ3n) is 3.88. The number of nitrogens with two attached hydrogens (primary N) is 1. The van der Waals surface area contributed by atoms with Crippen molar-refractivity contribution in [3.63, 3.8) is 0 Å². The Balaban J connectivity index is 0.00000324. The molecule has 0 heterocycles. The van der Waals surface area contributed by atoms with E-state index < -0.39 is 0 Å². The highest BCUT2D eigenvalue weighted by molar-refractivity contribution is 5.85. The highest BCUT2D eigenvalue weighted by atomic mass is 35.5. The van der Waals surface area contributed by atoms with E-state index in [0.29, 0.717) is 5.92 Å².